The van der Waals surface area contributed by atoms with E-state index in [9.17, 15) is 0 Å². The minimum absolute atomic E-state index is 0.190. The molecule has 0 saturated heterocycles. The highest BCUT2D eigenvalue weighted by Gasteiger charge is 2.22. The molecule has 0 aliphatic carbocycles. The molecule has 2 nitrogen and oxygen atoms in total. The molecule has 1 aromatic carbocycles. The van der Waals surface area contributed by atoms with Crippen molar-refractivity contribution in [1.82, 2.24) is 0 Å². The van der Waals surface area contributed by atoms with Crippen LogP contribution < -0.4 is 9.47 Å². The Kier molecular flexibility index (Phi) is 2.13. The zero-order chi connectivity index (χ0) is 9.26. The topological polar surface area (TPSA) is 18.5 Å². The van der Waals surface area contributed by atoms with Crippen LogP contribution >= 0.6 is 0 Å². The molecule has 0 unspecified atom stereocenters. The van der Waals surface area contributed by atoms with E-state index >= 15 is 0 Å². The first-order valence-corrected chi connectivity index (χ1v) is 4.66. The van der Waals surface area contributed by atoms with Crippen molar-refractivity contribution in [2.75, 3.05) is 6.61 Å². The summed E-state index contributed by atoms with van der Waals surface area (Å²) in [7, 11) is 0. The largest absolute Gasteiger partial charge is 0.486 e. The first-order valence-electron chi connectivity index (χ1n) is 4.66. The van der Waals surface area contributed by atoms with Gasteiger partial charge in [-0.15, -0.1) is 0 Å². The van der Waals surface area contributed by atoms with Crippen molar-refractivity contribution >= 4 is 0 Å². The molecule has 0 amide bonds. The average molecular weight is 178 g/mol. The van der Waals surface area contributed by atoms with Gasteiger partial charge in [0.05, 0.1) is 0 Å². The lowest BCUT2D eigenvalue weighted by molar-refractivity contribution is 0.0591. The van der Waals surface area contributed by atoms with Crippen LogP contribution in [-0.4, -0.2) is 12.7 Å². The summed E-state index contributed by atoms with van der Waals surface area (Å²) in [6.07, 6.45) is 0.190. The second kappa shape index (κ2) is 3.29. The van der Waals surface area contributed by atoms with Gasteiger partial charge in [0, 0.05) is 0 Å². The average Bonchev–Trinajstić information content (AvgIpc) is 2.17. The van der Waals surface area contributed by atoms with Crippen molar-refractivity contribution < 1.29 is 9.47 Å². The van der Waals surface area contributed by atoms with Gasteiger partial charge in [0.15, 0.2) is 11.5 Å². The molecule has 0 radical (unpaired) electrons. The molecule has 0 saturated carbocycles. The summed E-state index contributed by atoms with van der Waals surface area (Å²) in [5.41, 5.74) is 0. The molecule has 1 atom stereocenters. The molecule has 2 heteroatoms. The van der Waals surface area contributed by atoms with Gasteiger partial charge in [0.1, 0.15) is 12.7 Å². The Morgan fingerprint density at radius 3 is 2.62 bits per heavy atom. The summed E-state index contributed by atoms with van der Waals surface area (Å²) in [5, 5.41) is 0. The lowest BCUT2D eigenvalue weighted by Gasteiger charge is -2.28. The van der Waals surface area contributed by atoms with Crippen LogP contribution in [0.2, 0.25) is 0 Å². The molecule has 1 heterocycles. The molecule has 1 aromatic rings. The minimum Gasteiger partial charge on any atom is -0.486 e. The van der Waals surface area contributed by atoms with Crippen molar-refractivity contribution in [2.45, 2.75) is 20.0 Å². The number of rotatable bonds is 1. The van der Waals surface area contributed by atoms with E-state index in [1.165, 1.54) is 0 Å². The van der Waals surface area contributed by atoms with Gasteiger partial charge >= 0.3 is 0 Å². The lowest BCUT2D eigenvalue weighted by atomic mass is 10.1. The van der Waals surface area contributed by atoms with E-state index in [4.69, 9.17) is 9.47 Å². The Bertz CT molecular complexity index is 294. The molecule has 0 N–H and O–H groups in total. The van der Waals surface area contributed by atoms with E-state index in [2.05, 4.69) is 13.8 Å². The predicted molar refractivity (Wildman–Crippen MR) is 51.2 cm³/mol. The molecule has 1 aliphatic rings. The van der Waals surface area contributed by atoms with Crippen molar-refractivity contribution in [3.63, 3.8) is 0 Å². The molecule has 0 fully saturated rings. The highest BCUT2D eigenvalue weighted by Crippen LogP contribution is 2.32. The van der Waals surface area contributed by atoms with Crippen LogP contribution in [0.1, 0.15) is 13.8 Å². The zero-order valence-corrected chi connectivity index (χ0v) is 7.99. The smallest absolute Gasteiger partial charge is 0.161 e. The maximum Gasteiger partial charge on any atom is 0.161 e. The highest BCUT2D eigenvalue weighted by atomic mass is 16.6. The van der Waals surface area contributed by atoms with E-state index in [-0.39, 0.29) is 6.10 Å². The van der Waals surface area contributed by atoms with Crippen molar-refractivity contribution in [1.29, 1.82) is 0 Å². The zero-order valence-electron chi connectivity index (χ0n) is 7.99. The number of hydrogen-bond donors (Lipinski definition) is 0. The van der Waals surface area contributed by atoms with Crippen LogP contribution in [0, 0.1) is 5.92 Å². The van der Waals surface area contributed by atoms with Crippen LogP contribution in [0.15, 0.2) is 24.3 Å². The Morgan fingerprint density at radius 2 is 1.92 bits per heavy atom. The molecular weight excluding hydrogens is 164 g/mol. The lowest BCUT2D eigenvalue weighted by Crippen LogP contribution is -2.33. The summed E-state index contributed by atoms with van der Waals surface area (Å²) in [5.74, 6) is 2.22. The Labute approximate surface area is 78.5 Å². The van der Waals surface area contributed by atoms with Crippen molar-refractivity contribution in [3.8, 4) is 11.5 Å². The maximum absolute atomic E-state index is 5.77. The van der Waals surface area contributed by atoms with Crippen LogP contribution in [-0.2, 0) is 0 Å². The molecule has 70 valence electrons. The number of fused-ring (bicyclic) bond motifs is 1. The SMILES string of the molecule is CC(C)[C@H]1COc2ccccc2O1. The first-order chi connectivity index (χ1) is 6.27. The Hall–Kier alpha value is -1.18. The number of ether oxygens (including phenoxy) is 2. The molecule has 0 aromatic heterocycles. The van der Waals surface area contributed by atoms with E-state index in [1.807, 2.05) is 24.3 Å². The normalized spacial score (nSPS) is 20.4. The van der Waals surface area contributed by atoms with Gasteiger partial charge in [-0.25, -0.2) is 0 Å². The third-order valence-corrected chi connectivity index (χ3v) is 2.27. The van der Waals surface area contributed by atoms with Crippen molar-refractivity contribution in [3.05, 3.63) is 24.3 Å². The van der Waals surface area contributed by atoms with E-state index in [0.29, 0.717) is 12.5 Å². The van der Waals surface area contributed by atoms with Gasteiger partial charge in [-0.05, 0) is 18.1 Å². The molecule has 13 heavy (non-hydrogen) atoms. The van der Waals surface area contributed by atoms with E-state index in [0.717, 1.165) is 11.5 Å². The van der Waals surface area contributed by atoms with Crippen LogP contribution in [0.4, 0.5) is 0 Å². The molecule has 2 rings (SSSR count). The molecule has 1 aliphatic heterocycles. The summed E-state index contributed by atoms with van der Waals surface area (Å²) in [6, 6.07) is 7.80. The number of hydrogen-bond acceptors (Lipinski definition) is 2. The first kappa shape index (κ1) is 8.42. The molecular formula is C11H14O2. The van der Waals surface area contributed by atoms with E-state index < -0.39 is 0 Å². The van der Waals surface area contributed by atoms with Gasteiger partial charge in [-0.2, -0.15) is 0 Å². The Morgan fingerprint density at radius 1 is 1.23 bits per heavy atom. The third kappa shape index (κ3) is 1.62. The van der Waals surface area contributed by atoms with Gasteiger partial charge in [-0.3, -0.25) is 0 Å². The van der Waals surface area contributed by atoms with Crippen LogP contribution in [0.25, 0.3) is 0 Å². The third-order valence-electron chi connectivity index (χ3n) is 2.27. The van der Waals surface area contributed by atoms with Gasteiger partial charge in [-0.1, -0.05) is 26.0 Å². The number of benzene rings is 1. The van der Waals surface area contributed by atoms with Crippen molar-refractivity contribution in [2.24, 2.45) is 5.92 Å². The van der Waals surface area contributed by atoms with Crippen LogP contribution in [0.3, 0.4) is 0 Å². The Balaban J connectivity index is 2.20. The summed E-state index contributed by atoms with van der Waals surface area (Å²) in [6.45, 7) is 4.94. The molecule has 0 spiro atoms. The maximum atomic E-state index is 5.77. The number of para-hydroxylation sites is 2. The fourth-order valence-electron chi connectivity index (χ4n) is 1.36. The standard InChI is InChI=1S/C11H14O2/c1-8(2)11-7-12-9-5-3-4-6-10(9)13-11/h3-6,8,11H,7H2,1-2H3/t11-/m1/s1. The fraction of sp³-hybridized carbons (Fsp3) is 0.455. The second-order valence-electron chi connectivity index (χ2n) is 3.66. The highest BCUT2D eigenvalue weighted by molar-refractivity contribution is 5.40. The predicted octanol–water partition coefficient (Wildman–Crippen LogP) is 2.48. The quantitative estimate of drug-likeness (QED) is 0.657. The summed E-state index contributed by atoms with van der Waals surface area (Å²) in [4.78, 5) is 0. The van der Waals surface area contributed by atoms with Gasteiger partial charge in [0.2, 0.25) is 0 Å². The second-order valence-corrected chi connectivity index (χ2v) is 3.66. The molecule has 0 bridgehead atoms. The van der Waals surface area contributed by atoms with E-state index in [1.54, 1.807) is 0 Å². The fourth-order valence-corrected chi connectivity index (χ4v) is 1.36. The summed E-state index contributed by atoms with van der Waals surface area (Å²) >= 11 is 0. The monoisotopic (exact) mass is 178 g/mol. The summed E-state index contributed by atoms with van der Waals surface area (Å²) < 4.78 is 11.3. The minimum atomic E-state index is 0.190. The van der Waals surface area contributed by atoms with Crippen LogP contribution in [0.5, 0.6) is 11.5 Å². The van der Waals surface area contributed by atoms with Gasteiger partial charge in [0.25, 0.3) is 0 Å². The van der Waals surface area contributed by atoms with Gasteiger partial charge < -0.3 is 9.47 Å².